The van der Waals surface area contributed by atoms with E-state index in [0.717, 1.165) is 22.1 Å². The summed E-state index contributed by atoms with van der Waals surface area (Å²) in [5.74, 6) is 1.41. The van der Waals surface area contributed by atoms with Crippen LogP contribution < -0.4 is 14.9 Å². The van der Waals surface area contributed by atoms with E-state index in [1.807, 2.05) is 32.1 Å². The highest BCUT2D eigenvalue weighted by Crippen LogP contribution is 2.42. The van der Waals surface area contributed by atoms with Gasteiger partial charge in [0.2, 0.25) is 0 Å². The third kappa shape index (κ3) is 2.69. The van der Waals surface area contributed by atoms with Crippen LogP contribution in [0.4, 0.5) is 0 Å². The maximum Gasteiger partial charge on any atom is 0.186 e. The molecule has 138 valence electrons. The molecule has 4 heteroatoms. The van der Waals surface area contributed by atoms with Crippen LogP contribution in [0.2, 0.25) is 0 Å². The van der Waals surface area contributed by atoms with Crippen LogP contribution in [0.3, 0.4) is 0 Å². The highest BCUT2D eigenvalue weighted by molar-refractivity contribution is 5.93. The van der Waals surface area contributed by atoms with Gasteiger partial charge in [-0.1, -0.05) is 39.8 Å². The lowest BCUT2D eigenvalue weighted by Crippen LogP contribution is -2.34. The van der Waals surface area contributed by atoms with Crippen LogP contribution in [-0.2, 0) is 5.41 Å². The van der Waals surface area contributed by atoms with Gasteiger partial charge in [-0.15, -0.1) is 0 Å². The second-order valence-corrected chi connectivity index (χ2v) is 7.70. The van der Waals surface area contributed by atoms with E-state index < -0.39 is 11.5 Å². The Labute approximate surface area is 154 Å². The molecule has 0 fully saturated rings. The predicted molar refractivity (Wildman–Crippen MR) is 105 cm³/mol. The Morgan fingerprint density at radius 1 is 1.04 bits per heavy atom. The summed E-state index contributed by atoms with van der Waals surface area (Å²) in [6, 6.07) is 5.52. The molecule has 1 aliphatic carbocycles. The van der Waals surface area contributed by atoms with Crippen molar-refractivity contribution in [3.63, 3.8) is 0 Å². The number of hydrogen-bond donors (Lipinski definition) is 1. The Kier molecular flexibility index (Phi) is 4.57. The average Bonchev–Trinajstić information content (AvgIpc) is 2.74. The summed E-state index contributed by atoms with van der Waals surface area (Å²) in [7, 11) is 3.21. The first-order chi connectivity index (χ1) is 12.2. The van der Waals surface area contributed by atoms with Gasteiger partial charge < -0.3 is 14.6 Å². The van der Waals surface area contributed by atoms with Crippen molar-refractivity contribution < 1.29 is 14.6 Å². The van der Waals surface area contributed by atoms with Crippen molar-refractivity contribution in [3.05, 3.63) is 51.2 Å². The van der Waals surface area contributed by atoms with E-state index in [2.05, 4.69) is 13.8 Å². The molecule has 0 heterocycles. The van der Waals surface area contributed by atoms with E-state index in [0.29, 0.717) is 16.9 Å². The van der Waals surface area contributed by atoms with E-state index >= 15 is 0 Å². The summed E-state index contributed by atoms with van der Waals surface area (Å²) in [4.78, 5) is 13.1. The van der Waals surface area contributed by atoms with Crippen molar-refractivity contribution >= 4 is 16.8 Å². The summed E-state index contributed by atoms with van der Waals surface area (Å²) in [6.07, 6.45) is 3.00. The van der Waals surface area contributed by atoms with Crippen molar-refractivity contribution in [1.82, 2.24) is 0 Å². The van der Waals surface area contributed by atoms with Crippen LogP contribution in [-0.4, -0.2) is 25.4 Å². The summed E-state index contributed by atoms with van der Waals surface area (Å²) >= 11 is 0. The number of aliphatic hydroxyl groups is 1. The van der Waals surface area contributed by atoms with E-state index in [1.54, 1.807) is 26.4 Å². The first-order valence-electron chi connectivity index (χ1n) is 8.86. The van der Waals surface area contributed by atoms with Crippen molar-refractivity contribution in [3.8, 4) is 11.5 Å². The number of benzene rings is 1. The van der Waals surface area contributed by atoms with Gasteiger partial charge in [-0.25, -0.2) is 0 Å². The van der Waals surface area contributed by atoms with Crippen LogP contribution in [0, 0.1) is 0 Å². The van der Waals surface area contributed by atoms with Gasteiger partial charge in [-0.2, -0.15) is 0 Å². The molecule has 0 spiro atoms. The Hall–Kier alpha value is -2.33. The van der Waals surface area contributed by atoms with Crippen LogP contribution in [0.5, 0.6) is 11.5 Å². The van der Waals surface area contributed by atoms with Gasteiger partial charge in [0.25, 0.3) is 0 Å². The van der Waals surface area contributed by atoms with Crippen molar-refractivity contribution in [2.24, 2.45) is 0 Å². The number of hydrogen-bond acceptors (Lipinski definition) is 4. The van der Waals surface area contributed by atoms with Gasteiger partial charge in [-0.3, -0.25) is 4.79 Å². The summed E-state index contributed by atoms with van der Waals surface area (Å²) in [6.45, 7) is 8.01. The third-order valence-corrected chi connectivity index (χ3v) is 5.38. The molecule has 3 rings (SSSR count). The summed E-state index contributed by atoms with van der Waals surface area (Å²) in [5.41, 5.74) is 2.05. The fourth-order valence-electron chi connectivity index (χ4n) is 3.68. The predicted octanol–water partition coefficient (Wildman–Crippen LogP) is 4.01. The lowest BCUT2D eigenvalue weighted by molar-refractivity contribution is 0.143. The van der Waals surface area contributed by atoms with E-state index in [9.17, 15) is 9.90 Å². The zero-order valence-electron chi connectivity index (χ0n) is 16.2. The maximum atomic E-state index is 13.1. The standard InChI is InChI=1S/C22H26O4/c1-12(2)14-10-15-16(21(26-6)20(14)25-5)9-13-7-8-19(24)22(3,4)17(13)11-18(15)23/h7-12,19,24H,1-6H3. The molecule has 1 atom stereocenters. The monoisotopic (exact) mass is 354 g/mol. The third-order valence-electron chi connectivity index (χ3n) is 5.38. The number of aliphatic hydroxyl groups excluding tert-OH is 1. The Morgan fingerprint density at radius 3 is 2.27 bits per heavy atom. The van der Waals surface area contributed by atoms with Gasteiger partial charge in [0.15, 0.2) is 16.9 Å². The van der Waals surface area contributed by atoms with Crippen LogP contribution in [0.15, 0.2) is 29.1 Å². The topological polar surface area (TPSA) is 55.8 Å². The van der Waals surface area contributed by atoms with E-state index in [-0.39, 0.29) is 11.3 Å². The Morgan fingerprint density at radius 2 is 1.69 bits per heavy atom. The van der Waals surface area contributed by atoms with Gasteiger partial charge in [0, 0.05) is 21.8 Å². The van der Waals surface area contributed by atoms with Gasteiger partial charge in [-0.05, 0) is 35.2 Å². The fraction of sp³-hybridized carbons (Fsp3) is 0.409. The van der Waals surface area contributed by atoms with Crippen LogP contribution >= 0.6 is 0 Å². The lowest BCUT2D eigenvalue weighted by Gasteiger charge is -2.32. The maximum absolute atomic E-state index is 13.1. The molecule has 2 aromatic carbocycles. The zero-order chi connectivity index (χ0) is 19.2. The molecule has 0 aliphatic heterocycles. The molecule has 2 aromatic rings. The normalized spacial score (nSPS) is 18.1. The quantitative estimate of drug-likeness (QED) is 0.905. The van der Waals surface area contributed by atoms with Gasteiger partial charge in [0.1, 0.15) is 0 Å². The highest BCUT2D eigenvalue weighted by Gasteiger charge is 2.33. The molecule has 0 saturated carbocycles. The molecule has 0 aromatic heterocycles. The Bertz CT molecular complexity index is 955. The molecule has 0 bridgehead atoms. The molecule has 0 radical (unpaired) electrons. The minimum absolute atomic E-state index is 0.0836. The van der Waals surface area contributed by atoms with E-state index in [1.165, 1.54) is 0 Å². The highest BCUT2D eigenvalue weighted by atomic mass is 16.5. The van der Waals surface area contributed by atoms with Crippen molar-refractivity contribution in [2.45, 2.75) is 45.1 Å². The van der Waals surface area contributed by atoms with Crippen LogP contribution in [0.25, 0.3) is 16.8 Å². The first-order valence-corrected chi connectivity index (χ1v) is 8.86. The first kappa shape index (κ1) is 18.5. The molecule has 4 nitrogen and oxygen atoms in total. The smallest absolute Gasteiger partial charge is 0.186 e. The van der Waals surface area contributed by atoms with Crippen molar-refractivity contribution in [1.29, 1.82) is 0 Å². The Balaban J connectivity index is 2.52. The molecule has 1 aliphatic rings. The van der Waals surface area contributed by atoms with E-state index in [4.69, 9.17) is 9.47 Å². The molecule has 1 unspecified atom stereocenters. The SMILES string of the molecule is COc1c(C(C)C)cc2c(=O)cc3c(cc2c1OC)C=CC(O)C3(C)C. The molecule has 0 saturated heterocycles. The molecule has 26 heavy (non-hydrogen) atoms. The number of fused-ring (bicyclic) bond motifs is 2. The van der Waals surface area contributed by atoms with Crippen molar-refractivity contribution in [2.75, 3.05) is 14.2 Å². The fourth-order valence-corrected chi connectivity index (χ4v) is 3.68. The second kappa shape index (κ2) is 6.44. The van der Waals surface area contributed by atoms with Gasteiger partial charge >= 0.3 is 0 Å². The minimum atomic E-state index is -0.637. The summed E-state index contributed by atoms with van der Waals surface area (Å²) < 4.78 is 11.3. The zero-order valence-corrected chi connectivity index (χ0v) is 16.2. The van der Waals surface area contributed by atoms with Gasteiger partial charge in [0.05, 0.1) is 20.3 Å². The second-order valence-electron chi connectivity index (χ2n) is 7.70. The summed E-state index contributed by atoms with van der Waals surface area (Å²) in [5, 5.41) is 11.7. The minimum Gasteiger partial charge on any atom is -0.493 e. The number of methoxy groups -OCH3 is 2. The largest absolute Gasteiger partial charge is 0.493 e. The number of rotatable bonds is 3. The molecular formula is C22H26O4. The number of ether oxygens (including phenoxy) is 2. The molecule has 1 N–H and O–H groups in total. The average molecular weight is 354 g/mol. The van der Waals surface area contributed by atoms with Crippen LogP contribution in [0.1, 0.15) is 50.3 Å². The molecular weight excluding hydrogens is 328 g/mol. The lowest BCUT2D eigenvalue weighted by atomic mass is 9.74. The molecule has 0 amide bonds.